The molecule has 0 aliphatic heterocycles. The van der Waals surface area contributed by atoms with Crippen molar-refractivity contribution < 1.29 is 19.4 Å². The molecule has 0 amide bonds. The number of carbonyl (C=O) groups is 2. The van der Waals surface area contributed by atoms with Crippen molar-refractivity contribution in [3.63, 3.8) is 0 Å². The third-order valence-corrected chi connectivity index (χ3v) is 4.62. The van der Waals surface area contributed by atoms with Gasteiger partial charge in [-0.2, -0.15) is 0 Å². The first-order chi connectivity index (χ1) is 14.4. The Balaban J connectivity index is 0.000000300. The van der Waals surface area contributed by atoms with Crippen molar-refractivity contribution >= 4 is 11.9 Å². The van der Waals surface area contributed by atoms with Gasteiger partial charge in [0.1, 0.15) is 6.10 Å². The average Bonchev–Trinajstić information content (AvgIpc) is 2.78. The molecule has 2 aromatic rings. The summed E-state index contributed by atoms with van der Waals surface area (Å²) < 4.78 is 5.27. The lowest BCUT2D eigenvalue weighted by Gasteiger charge is -2.16. The molecule has 2 rings (SSSR count). The Morgan fingerprint density at radius 3 is 1.87 bits per heavy atom. The van der Waals surface area contributed by atoms with Crippen molar-refractivity contribution in [2.75, 3.05) is 0 Å². The van der Waals surface area contributed by atoms with Crippen molar-refractivity contribution in [1.82, 2.24) is 0 Å². The van der Waals surface area contributed by atoms with Gasteiger partial charge in [0, 0.05) is 17.6 Å². The lowest BCUT2D eigenvalue weighted by atomic mass is 9.88. The molecule has 2 aromatic carbocycles. The smallest absolute Gasteiger partial charge is 0.331 e. The number of hydrogen-bond acceptors (Lipinski definition) is 3. The molecule has 4 heteroatoms. The first-order valence-corrected chi connectivity index (χ1v) is 10.3. The summed E-state index contributed by atoms with van der Waals surface area (Å²) in [5, 5.41) is 8.94. The fraction of sp³-hybridized carbons (Fsp3) is 0.308. The van der Waals surface area contributed by atoms with Gasteiger partial charge in [-0.3, -0.25) is 0 Å². The fourth-order valence-corrected chi connectivity index (χ4v) is 3.08. The van der Waals surface area contributed by atoms with Crippen molar-refractivity contribution in [3.8, 4) is 0 Å². The Labute approximate surface area is 179 Å². The second-order valence-electron chi connectivity index (χ2n) is 6.91. The summed E-state index contributed by atoms with van der Waals surface area (Å²) in [6.45, 7) is 11.2. The monoisotopic (exact) mass is 408 g/mol. The standard InChI is InChI=1S/2C13H16O2/c1-3-7-12(10(2)13(14)15)11-8-5-4-6-9-11;1-3-8-12(15-13(14)4-2)11-9-6-5-7-10-11/h4-6,8-9,12H,2-3,7H2,1H3,(H,14,15);4-7,9-10,12H,2-3,8H2,1H3. The molecular weight excluding hydrogens is 376 g/mol. The number of carboxylic acids is 1. The Hall–Kier alpha value is -3.14. The van der Waals surface area contributed by atoms with E-state index < -0.39 is 5.97 Å². The summed E-state index contributed by atoms with van der Waals surface area (Å²) in [5.74, 6) is -1.33. The summed E-state index contributed by atoms with van der Waals surface area (Å²) in [6, 6.07) is 19.5. The van der Waals surface area contributed by atoms with Gasteiger partial charge < -0.3 is 9.84 Å². The maximum atomic E-state index is 11.1. The molecule has 0 radical (unpaired) electrons. The lowest BCUT2D eigenvalue weighted by molar-refractivity contribution is -0.143. The lowest BCUT2D eigenvalue weighted by Crippen LogP contribution is -2.10. The van der Waals surface area contributed by atoms with Crippen LogP contribution in [0.5, 0.6) is 0 Å². The van der Waals surface area contributed by atoms with Gasteiger partial charge in [-0.15, -0.1) is 0 Å². The number of rotatable bonds is 10. The van der Waals surface area contributed by atoms with Gasteiger partial charge >= 0.3 is 11.9 Å². The summed E-state index contributed by atoms with van der Waals surface area (Å²) in [7, 11) is 0. The second kappa shape index (κ2) is 13.9. The molecule has 0 aromatic heterocycles. The van der Waals surface area contributed by atoms with Crippen molar-refractivity contribution in [2.24, 2.45) is 0 Å². The third-order valence-electron chi connectivity index (χ3n) is 4.62. The van der Waals surface area contributed by atoms with E-state index in [2.05, 4.69) is 20.1 Å². The van der Waals surface area contributed by atoms with E-state index in [0.29, 0.717) is 0 Å². The molecule has 2 unspecified atom stereocenters. The SMILES string of the molecule is C=C(C(=O)O)C(CCC)c1ccccc1.C=CC(=O)OC(CCC)c1ccccc1. The summed E-state index contributed by atoms with van der Waals surface area (Å²) in [6.07, 6.45) is 4.64. The normalized spacial score (nSPS) is 11.9. The van der Waals surface area contributed by atoms with Crippen LogP contribution < -0.4 is 0 Å². The minimum Gasteiger partial charge on any atom is -0.478 e. The zero-order valence-electron chi connectivity index (χ0n) is 17.9. The number of carbonyl (C=O) groups excluding carboxylic acids is 1. The van der Waals surface area contributed by atoms with Gasteiger partial charge in [-0.1, -0.05) is 101 Å². The second-order valence-corrected chi connectivity index (χ2v) is 6.91. The molecule has 0 heterocycles. The highest BCUT2D eigenvalue weighted by atomic mass is 16.5. The number of aliphatic carboxylic acids is 1. The van der Waals surface area contributed by atoms with Gasteiger partial charge in [0.05, 0.1) is 0 Å². The number of hydrogen-bond donors (Lipinski definition) is 1. The van der Waals surface area contributed by atoms with Gasteiger partial charge in [-0.25, -0.2) is 9.59 Å². The topological polar surface area (TPSA) is 63.6 Å². The Morgan fingerprint density at radius 1 is 0.933 bits per heavy atom. The van der Waals surface area contributed by atoms with E-state index in [1.165, 1.54) is 6.08 Å². The van der Waals surface area contributed by atoms with Gasteiger partial charge in [0.25, 0.3) is 0 Å². The van der Waals surface area contributed by atoms with Crippen molar-refractivity contribution in [1.29, 1.82) is 0 Å². The van der Waals surface area contributed by atoms with Gasteiger partial charge in [0.15, 0.2) is 0 Å². The molecule has 30 heavy (non-hydrogen) atoms. The predicted molar refractivity (Wildman–Crippen MR) is 121 cm³/mol. The van der Waals surface area contributed by atoms with Crippen molar-refractivity contribution in [2.45, 2.75) is 51.6 Å². The molecule has 0 aliphatic rings. The molecule has 0 fully saturated rings. The highest BCUT2D eigenvalue weighted by Gasteiger charge is 2.19. The molecule has 0 spiro atoms. The van der Waals surface area contributed by atoms with Crippen LogP contribution in [-0.4, -0.2) is 17.0 Å². The molecule has 0 aliphatic carbocycles. The quantitative estimate of drug-likeness (QED) is 0.361. The highest BCUT2D eigenvalue weighted by molar-refractivity contribution is 5.87. The molecule has 4 nitrogen and oxygen atoms in total. The number of carboxylic acid groups (broad SMARTS) is 1. The molecular formula is C26H32O4. The average molecular weight is 409 g/mol. The third kappa shape index (κ3) is 8.48. The van der Waals surface area contributed by atoms with Crippen LogP contribution in [0.15, 0.2) is 85.5 Å². The number of esters is 1. The molecule has 0 saturated carbocycles. The van der Waals surface area contributed by atoms with Crippen LogP contribution >= 0.6 is 0 Å². The van der Waals surface area contributed by atoms with E-state index in [-0.39, 0.29) is 23.6 Å². The molecule has 0 bridgehead atoms. The van der Waals surface area contributed by atoms with E-state index in [0.717, 1.165) is 36.8 Å². The first-order valence-electron chi connectivity index (χ1n) is 10.3. The Morgan fingerprint density at radius 2 is 1.43 bits per heavy atom. The molecule has 2 atom stereocenters. The number of ether oxygens (including phenoxy) is 1. The van der Waals surface area contributed by atoms with E-state index >= 15 is 0 Å². The predicted octanol–water partition coefficient (Wildman–Crippen LogP) is 6.47. The van der Waals surface area contributed by atoms with Crippen LogP contribution in [0.4, 0.5) is 0 Å². The maximum Gasteiger partial charge on any atom is 0.331 e. The zero-order chi connectivity index (χ0) is 22.4. The van der Waals surface area contributed by atoms with Crippen LogP contribution in [0, 0.1) is 0 Å². The fourth-order valence-electron chi connectivity index (χ4n) is 3.08. The largest absolute Gasteiger partial charge is 0.478 e. The minimum absolute atomic E-state index is 0.0614. The maximum absolute atomic E-state index is 11.1. The summed E-state index contributed by atoms with van der Waals surface area (Å²) in [4.78, 5) is 22.0. The Bertz CT molecular complexity index is 794. The van der Waals surface area contributed by atoms with Crippen LogP contribution in [0.1, 0.15) is 62.7 Å². The van der Waals surface area contributed by atoms with Crippen LogP contribution in [0.25, 0.3) is 0 Å². The van der Waals surface area contributed by atoms with Gasteiger partial charge in [-0.05, 0) is 24.0 Å². The molecule has 0 saturated heterocycles. The highest BCUT2D eigenvalue weighted by Crippen LogP contribution is 2.28. The van der Waals surface area contributed by atoms with E-state index in [9.17, 15) is 9.59 Å². The minimum atomic E-state index is -0.905. The molecule has 160 valence electrons. The van der Waals surface area contributed by atoms with Crippen LogP contribution in [0.2, 0.25) is 0 Å². The van der Waals surface area contributed by atoms with E-state index in [4.69, 9.17) is 9.84 Å². The van der Waals surface area contributed by atoms with Crippen LogP contribution in [-0.2, 0) is 14.3 Å². The van der Waals surface area contributed by atoms with Crippen LogP contribution in [0.3, 0.4) is 0 Å². The number of benzene rings is 2. The summed E-state index contributed by atoms with van der Waals surface area (Å²) in [5.41, 5.74) is 2.35. The zero-order valence-corrected chi connectivity index (χ0v) is 17.9. The Kier molecular flexibility index (Phi) is 11.6. The van der Waals surface area contributed by atoms with Crippen molar-refractivity contribution in [3.05, 3.63) is 96.6 Å². The van der Waals surface area contributed by atoms with Gasteiger partial charge in [0.2, 0.25) is 0 Å². The summed E-state index contributed by atoms with van der Waals surface area (Å²) >= 11 is 0. The first kappa shape index (κ1) is 24.9. The van der Waals surface area contributed by atoms with E-state index in [1.54, 1.807) is 0 Å². The molecule has 1 N–H and O–H groups in total. The van der Waals surface area contributed by atoms with E-state index in [1.807, 2.05) is 67.6 Å².